The van der Waals surface area contributed by atoms with Crippen molar-refractivity contribution in [2.45, 2.75) is 13.0 Å². The summed E-state index contributed by atoms with van der Waals surface area (Å²) < 4.78 is 0. The fraction of sp³-hybridized carbons (Fsp3) is 0.400. The Labute approximate surface area is 52.9 Å². The number of rotatable bonds is 0. The third-order valence-electron chi connectivity index (χ3n) is 0.877. The van der Waals surface area contributed by atoms with Gasteiger partial charge in [-0.3, -0.25) is 4.99 Å². The van der Waals surface area contributed by atoms with E-state index < -0.39 is 0 Å². The van der Waals surface area contributed by atoms with Gasteiger partial charge in [0.25, 0.3) is 0 Å². The molecule has 1 heterocycles. The predicted molar refractivity (Wildman–Crippen MR) is 37.8 cm³/mol. The Kier molecular flexibility index (Phi) is 1.58. The molecule has 1 aliphatic rings. The van der Waals surface area contributed by atoms with Crippen molar-refractivity contribution in [3.63, 3.8) is 0 Å². The molecule has 0 fully saturated rings. The first-order chi connectivity index (χ1) is 3.79. The minimum atomic E-state index is 0.274. The van der Waals surface area contributed by atoms with Crippen molar-refractivity contribution in [1.82, 2.24) is 0 Å². The summed E-state index contributed by atoms with van der Waals surface area (Å²) >= 11 is 1.47. The molecule has 0 radical (unpaired) electrons. The van der Waals surface area contributed by atoms with E-state index in [1.807, 2.05) is 18.4 Å². The lowest BCUT2D eigenvalue weighted by Crippen LogP contribution is -2.11. The second-order valence-corrected chi connectivity index (χ2v) is 2.58. The topological polar surface area (TPSA) is 38.4 Å². The standard InChI is InChI=1S/C5H8N2S/c1-4-2-3-8-5(6)7-4/h2-4H,1H3,(H2,6,7)/t4-/m0/s1. The summed E-state index contributed by atoms with van der Waals surface area (Å²) in [5.74, 6) is 0. The molecule has 44 valence electrons. The van der Waals surface area contributed by atoms with Crippen molar-refractivity contribution in [2.75, 3.05) is 0 Å². The Hall–Kier alpha value is -0.440. The largest absolute Gasteiger partial charge is 0.378 e. The minimum absolute atomic E-state index is 0.274. The minimum Gasteiger partial charge on any atom is -0.378 e. The van der Waals surface area contributed by atoms with Crippen LogP contribution in [0.4, 0.5) is 0 Å². The summed E-state index contributed by atoms with van der Waals surface area (Å²) in [6.45, 7) is 2.00. The normalized spacial score (nSPS) is 27.6. The van der Waals surface area contributed by atoms with Crippen LogP contribution in [0.2, 0.25) is 0 Å². The fourth-order valence-electron chi connectivity index (χ4n) is 0.497. The molecule has 0 spiro atoms. The summed E-state index contributed by atoms with van der Waals surface area (Å²) in [4.78, 5) is 4.05. The molecule has 0 amide bonds. The third kappa shape index (κ3) is 1.26. The molecule has 1 aliphatic heterocycles. The number of hydrogen-bond donors (Lipinski definition) is 1. The van der Waals surface area contributed by atoms with Crippen molar-refractivity contribution in [3.8, 4) is 0 Å². The second kappa shape index (κ2) is 2.22. The van der Waals surface area contributed by atoms with E-state index in [9.17, 15) is 0 Å². The van der Waals surface area contributed by atoms with Crippen LogP contribution in [0.25, 0.3) is 0 Å². The highest BCUT2D eigenvalue weighted by atomic mass is 32.2. The van der Waals surface area contributed by atoms with E-state index in [1.54, 1.807) is 0 Å². The van der Waals surface area contributed by atoms with E-state index in [-0.39, 0.29) is 6.04 Å². The van der Waals surface area contributed by atoms with Gasteiger partial charge in [-0.2, -0.15) is 0 Å². The molecule has 0 aromatic heterocycles. The number of nitrogens with zero attached hydrogens (tertiary/aromatic N) is 1. The van der Waals surface area contributed by atoms with E-state index in [0.717, 1.165) is 0 Å². The Morgan fingerprint density at radius 2 is 2.62 bits per heavy atom. The number of thioether (sulfide) groups is 1. The Morgan fingerprint density at radius 1 is 1.88 bits per heavy atom. The van der Waals surface area contributed by atoms with Crippen LogP contribution in [-0.2, 0) is 0 Å². The molecule has 2 N–H and O–H groups in total. The lowest BCUT2D eigenvalue weighted by Gasteiger charge is -2.05. The van der Waals surface area contributed by atoms with Gasteiger partial charge in [0.1, 0.15) is 0 Å². The van der Waals surface area contributed by atoms with E-state index in [4.69, 9.17) is 5.73 Å². The Balaban J connectivity index is 2.60. The van der Waals surface area contributed by atoms with E-state index in [2.05, 4.69) is 4.99 Å². The van der Waals surface area contributed by atoms with Crippen LogP contribution < -0.4 is 5.73 Å². The maximum Gasteiger partial charge on any atom is 0.158 e. The molecule has 0 aromatic carbocycles. The van der Waals surface area contributed by atoms with Gasteiger partial charge >= 0.3 is 0 Å². The van der Waals surface area contributed by atoms with Crippen LogP contribution >= 0.6 is 11.8 Å². The highest BCUT2D eigenvalue weighted by molar-refractivity contribution is 8.16. The maximum atomic E-state index is 5.39. The van der Waals surface area contributed by atoms with Crippen LogP contribution in [0.5, 0.6) is 0 Å². The number of nitrogens with two attached hydrogens (primary N) is 1. The Morgan fingerprint density at radius 3 is 3.00 bits per heavy atom. The fourth-order valence-corrected chi connectivity index (χ4v) is 1.17. The first-order valence-corrected chi connectivity index (χ1v) is 3.33. The highest BCUT2D eigenvalue weighted by Gasteiger charge is 1.99. The van der Waals surface area contributed by atoms with Crippen molar-refractivity contribution >= 4 is 16.9 Å². The van der Waals surface area contributed by atoms with Crippen molar-refractivity contribution < 1.29 is 0 Å². The molecule has 1 atom stereocenters. The van der Waals surface area contributed by atoms with Gasteiger partial charge in [-0.15, -0.1) is 0 Å². The van der Waals surface area contributed by atoms with Gasteiger partial charge < -0.3 is 5.73 Å². The third-order valence-corrected chi connectivity index (χ3v) is 1.52. The van der Waals surface area contributed by atoms with Gasteiger partial charge in [-0.1, -0.05) is 17.8 Å². The zero-order valence-corrected chi connectivity index (χ0v) is 5.48. The first-order valence-electron chi connectivity index (χ1n) is 2.45. The molecule has 0 saturated heterocycles. The predicted octanol–water partition coefficient (Wildman–Crippen LogP) is 0.950. The summed E-state index contributed by atoms with van der Waals surface area (Å²) in [7, 11) is 0. The quantitative estimate of drug-likeness (QED) is 0.527. The van der Waals surface area contributed by atoms with Gasteiger partial charge in [-0.05, 0) is 12.3 Å². The molecule has 0 bridgehead atoms. The lowest BCUT2D eigenvalue weighted by atomic mass is 10.4. The van der Waals surface area contributed by atoms with Crippen LogP contribution in [-0.4, -0.2) is 11.2 Å². The van der Waals surface area contributed by atoms with Crippen LogP contribution in [0, 0.1) is 0 Å². The molecule has 0 aromatic rings. The number of aliphatic imine (C=N–C) groups is 1. The van der Waals surface area contributed by atoms with Crippen LogP contribution in [0.15, 0.2) is 16.5 Å². The molecule has 2 nitrogen and oxygen atoms in total. The maximum absolute atomic E-state index is 5.39. The van der Waals surface area contributed by atoms with Crippen molar-refractivity contribution in [1.29, 1.82) is 0 Å². The summed E-state index contributed by atoms with van der Waals surface area (Å²) in [6, 6.07) is 0.274. The zero-order chi connectivity index (χ0) is 5.98. The van der Waals surface area contributed by atoms with Gasteiger partial charge in [0.05, 0.1) is 6.04 Å². The average Bonchev–Trinajstić information content (AvgIpc) is 1.64. The smallest absolute Gasteiger partial charge is 0.158 e. The zero-order valence-electron chi connectivity index (χ0n) is 4.66. The summed E-state index contributed by atoms with van der Waals surface area (Å²) in [6.07, 6.45) is 2.01. The molecule has 1 rings (SSSR count). The number of amidine groups is 1. The average molecular weight is 128 g/mol. The molecule has 3 heteroatoms. The Bertz CT molecular complexity index is 139. The lowest BCUT2D eigenvalue weighted by molar-refractivity contribution is 0.928. The van der Waals surface area contributed by atoms with Crippen molar-refractivity contribution in [3.05, 3.63) is 11.5 Å². The molecule has 8 heavy (non-hydrogen) atoms. The SMILES string of the molecule is C[C@H]1C=CSC(N)=N1. The number of hydrogen-bond acceptors (Lipinski definition) is 3. The highest BCUT2D eigenvalue weighted by Crippen LogP contribution is 2.10. The molecule has 0 aliphatic carbocycles. The molecular weight excluding hydrogens is 120 g/mol. The second-order valence-electron chi connectivity index (χ2n) is 1.65. The molecular formula is C5H8N2S. The van der Waals surface area contributed by atoms with E-state index in [1.165, 1.54) is 11.8 Å². The van der Waals surface area contributed by atoms with Gasteiger partial charge in [0, 0.05) is 0 Å². The van der Waals surface area contributed by atoms with E-state index in [0.29, 0.717) is 5.17 Å². The first kappa shape index (κ1) is 5.69. The van der Waals surface area contributed by atoms with Crippen LogP contribution in [0.3, 0.4) is 0 Å². The summed E-state index contributed by atoms with van der Waals surface area (Å²) in [5, 5.41) is 2.63. The van der Waals surface area contributed by atoms with Gasteiger partial charge in [0.15, 0.2) is 5.17 Å². The van der Waals surface area contributed by atoms with Gasteiger partial charge in [0.2, 0.25) is 0 Å². The monoisotopic (exact) mass is 128 g/mol. The summed E-state index contributed by atoms with van der Waals surface area (Å²) in [5.41, 5.74) is 5.39. The van der Waals surface area contributed by atoms with E-state index >= 15 is 0 Å². The van der Waals surface area contributed by atoms with Gasteiger partial charge in [-0.25, -0.2) is 0 Å². The molecule has 0 saturated carbocycles. The van der Waals surface area contributed by atoms with Crippen LogP contribution in [0.1, 0.15) is 6.92 Å². The molecule has 0 unspecified atom stereocenters. The van der Waals surface area contributed by atoms with Crippen molar-refractivity contribution in [2.24, 2.45) is 10.7 Å².